The fourth-order valence-electron chi connectivity index (χ4n) is 1.37. The summed E-state index contributed by atoms with van der Waals surface area (Å²) in [6.45, 7) is 0. The van der Waals surface area contributed by atoms with Crippen molar-refractivity contribution in [3.05, 3.63) is 34.6 Å². The highest BCUT2D eigenvalue weighted by molar-refractivity contribution is 9.09. The second-order valence-corrected chi connectivity index (χ2v) is 4.75. The van der Waals surface area contributed by atoms with Gasteiger partial charge >= 0.3 is 0 Å². The number of benzene rings is 1. The smallest absolute Gasteiger partial charge is 0.162 e. The molecule has 1 rings (SSSR count). The van der Waals surface area contributed by atoms with Crippen molar-refractivity contribution in [1.82, 2.24) is 0 Å². The van der Waals surface area contributed by atoms with E-state index in [9.17, 15) is 9.18 Å². The van der Waals surface area contributed by atoms with E-state index < -0.39 is 5.82 Å². The zero-order chi connectivity index (χ0) is 12.0. The Morgan fingerprint density at radius 3 is 2.69 bits per heavy atom. The largest absolute Gasteiger partial charge is 0.294 e. The van der Waals surface area contributed by atoms with Gasteiger partial charge in [-0.1, -0.05) is 34.0 Å². The number of rotatable bonds is 6. The van der Waals surface area contributed by atoms with Crippen LogP contribution in [0.4, 0.5) is 4.39 Å². The molecule has 0 bridgehead atoms. The molecule has 88 valence electrons. The third-order valence-electron chi connectivity index (χ3n) is 2.28. The van der Waals surface area contributed by atoms with Crippen LogP contribution < -0.4 is 0 Å². The SMILES string of the molecule is O=C(CCCCCBr)c1ccc(F)c(Cl)c1. The molecule has 0 saturated carbocycles. The molecule has 0 aliphatic rings. The van der Waals surface area contributed by atoms with Gasteiger partial charge in [0.15, 0.2) is 5.78 Å². The molecule has 16 heavy (non-hydrogen) atoms. The molecule has 4 heteroatoms. The van der Waals surface area contributed by atoms with Gasteiger partial charge in [-0.25, -0.2) is 4.39 Å². The van der Waals surface area contributed by atoms with Crippen LogP contribution in [0.1, 0.15) is 36.0 Å². The van der Waals surface area contributed by atoms with E-state index in [1.807, 2.05) is 0 Å². The van der Waals surface area contributed by atoms with E-state index in [1.54, 1.807) is 0 Å². The van der Waals surface area contributed by atoms with Gasteiger partial charge in [0.2, 0.25) is 0 Å². The topological polar surface area (TPSA) is 17.1 Å². The summed E-state index contributed by atoms with van der Waals surface area (Å²) in [5.41, 5.74) is 0.491. The summed E-state index contributed by atoms with van der Waals surface area (Å²) in [5, 5.41) is 0.968. The van der Waals surface area contributed by atoms with Gasteiger partial charge in [0.1, 0.15) is 5.82 Å². The van der Waals surface area contributed by atoms with Crippen LogP contribution in [0.25, 0.3) is 0 Å². The summed E-state index contributed by atoms with van der Waals surface area (Å²) in [6, 6.07) is 4.10. The monoisotopic (exact) mass is 306 g/mol. The normalized spacial score (nSPS) is 10.4. The van der Waals surface area contributed by atoms with E-state index in [0.717, 1.165) is 24.6 Å². The fourth-order valence-corrected chi connectivity index (χ4v) is 1.95. The quantitative estimate of drug-likeness (QED) is 0.426. The van der Waals surface area contributed by atoms with E-state index in [1.165, 1.54) is 18.2 Å². The van der Waals surface area contributed by atoms with Crippen LogP contribution in [0.2, 0.25) is 5.02 Å². The predicted octanol–water partition coefficient (Wildman–Crippen LogP) is 4.62. The van der Waals surface area contributed by atoms with Crippen LogP contribution >= 0.6 is 27.5 Å². The van der Waals surface area contributed by atoms with Crippen molar-refractivity contribution in [2.75, 3.05) is 5.33 Å². The van der Waals surface area contributed by atoms with Gasteiger partial charge in [0.25, 0.3) is 0 Å². The second kappa shape index (κ2) is 7.02. The molecule has 1 nitrogen and oxygen atoms in total. The average molecular weight is 308 g/mol. The van der Waals surface area contributed by atoms with E-state index >= 15 is 0 Å². The van der Waals surface area contributed by atoms with Crippen molar-refractivity contribution in [3.8, 4) is 0 Å². The average Bonchev–Trinajstić information content (AvgIpc) is 2.28. The predicted molar refractivity (Wildman–Crippen MR) is 68.0 cm³/mol. The summed E-state index contributed by atoms with van der Waals surface area (Å²) >= 11 is 8.94. The molecule has 0 amide bonds. The van der Waals surface area contributed by atoms with E-state index in [2.05, 4.69) is 15.9 Å². The molecule has 1 aromatic carbocycles. The fraction of sp³-hybridized carbons (Fsp3) is 0.417. The second-order valence-electron chi connectivity index (χ2n) is 3.55. The molecule has 0 fully saturated rings. The van der Waals surface area contributed by atoms with Crippen molar-refractivity contribution < 1.29 is 9.18 Å². The standard InChI is InChI=1S/C12H13BrClFO/c13-7-3-1-2-4-12(16)9-5-6-11(15)10(14)8-9/h5-6,8H,1-4,7H2. The molecule has 0 spiro atoms. The Labute approximate surface area is 108 Å². The number of halogens is 3. The van der Waals surface area contributed by atoms with Gasteiger partial charge in [0.05, 0.1) is 5.02 Å². The minimum atomic E-state index is -0.488. The Hall–Kier alpha value is -0.410. The lowest BCUT2D eigenvalue weighted by atomic mass is 10.0. The lowest BCUT2D eigenvalue weighted by Crippen LogP contribution is -1.99. The maximum Gasteiger partial charge on any atom is 0.162 e. The van der Waals surface area contributed by atoms with Crippen LogP contribution in [0.5, 0.6) is 0 Å². The van der Waals surface area contributed by atoms with Gasteiger partial charge in [0, 0.05) is 17.3 Å². The molecule has 1 aromatic rings. The van der Waals surface area contributed by atoms with Crippen LogP contribution in [0.15, 0.2) is 18.2 Å². The Balaban J connectivity index is 2.50. The van der Waals surface area contributed by atoms with Crippen molar-refractivity contribution >= 4 is 33.3 Å². The number of carbonyl (C=O) groups is 1. The Bertz CT molecular complexity index is 368. The molecule has 0 N–H and O–H groups in total. The highest BCUT2D eigenvalue weighted by Gasteiger charge is 2.08. The summed E-state index contributed by atoms with van der Waals surface area (Å²) in [5.74, 6) is -0.464. The van der Waals surface area contributed by atoms with Crippen molar-refractivity contribution in [1.29, 1.82) is 0 Å². The number of hydrogen-bond donors (Lipinski definition) is 0. The molecule has 0 unspecified atom stereocenters. The first-order valence-corrected chi connectivity index (χ1v) is 6.69. The molecular weight excluding hydrogens is 294 g/mol. The third kappa shape index (κ3) is 4.22. The number of unbranched alkanes of at least 4 members (excludes halogenated alkanes) is 2. The van der Waals surface area contributed by atoms with E-state index in [-0.39, 0.29) is 10.8 Å². The first-order valence-electron chi connectivity index (χ1n) is 5.19. The number of alkyl halides is 1. The van der Waals surface area contributed by atoms with Gasteiger partial charge in [-0.05, 0) is 31.0 Å². The summed E-state index contributed by atoms with van der Waals surface area (Å²) in [6.07, 6.45) is 3.44. The molecule has 0 aromatic heterocycles. The number of Topliss-reactive ketones (excluding diaryl/α,β-unsaturated/α-hetero) is 1. The lowest BCUT2D eigenvalue weighted by molar-refractivity contribution is 0.0979. The van der Waals surface area contributed by atoms with E-state index in [0.29, 0.717) is 12.0 Å². The third-order valence-corrected chi connectivity index (χ3v) is 3.13. The highest BCUT2D eigenvalue weighted by atomic mass is 79.9. The van der Waals surface area contributed by atoms with Gasteiger partial charge in [-0.2, -0.15) is 0 Å². The zero-order valence-corrected chi connectivity index (χ0v) is 11.2. The van der Waals surface area contributed by atoms with Crippen molar-refractivity contribution in [3.63, 3.8) is 0 Å². The van der Waals surface area contributed by atoms with Crippen molar-refractivity contribution in [2.24, 2.45) is 0 Å². The summed E-state index contributed by atoms with van der Waals surface area (Å²) < 4.78 is 12.9. The maximum atomic E-state index is 12.9. The van der Waals surface area contributed by atoms with E-state index in [4.69, 9.17) is 11.6 Å². The van der Waals surface area contributed by atoms with Crippen molar-refractivity contribution in [2.45, 2.75) is 25.7 Å². The molecule has 0 aliphatic carbocycles. The lowest BCUT2D eigenvalue weighted by Gasteiger charge is -2.02. The van der Waals surface area contributed by atoms with Crippen LogP contribution in [0.3, 0.4) is 0 Å². The maximum absolute atomic E-state index is 12.9. The highest BCUT2D eigenvalue weighted by Crippen LogP contribution is 2.18. The molecule has 0 saturated heterocycles. The van der Waals surface area contributed by atoms with Crippen LogP contribution in [0, 0.1) is 5.82 Å². The van der Waals surface area contributed by atoms with Gasteiger partial charge in [-0.15, -0.1) is 0 Å². The molecule has 0 radical (unpaired) electrons. The Morgan fingerprint density at radius 2 is 2.06 bits per heavy atom. The molecule has 0 atom stereocenters. The van der Waals surface area contributed by atoms with Crippen LogP contribution in [-0.2, 0) is 0 Å². The van der Waals surface area contributed by atoms with Crippen LogP contribution in [-0.4, -0.2) is 11.1 Å². The zero-order valence-electron chi connectivity index (χ0n) is 8.81. The molecular formula is C12H13BrClFO. The number of carbonyl (C=O) groups excluding carboxylic acids is 1. The minimum Gasteiger partial charge on any atom is -0.294 e. The van der Waals surface area contributed by atoms with Gasteiger partial charge in [-0.3, -0.25) is 4.79 Å². The Kier molecular flexibility index (Phi) is 5.99. The molecule has 0 heterocycles. The first-order chi connectivity index (χ1) is 7.65. The first kappa shape index (κ1) is 13.7. The Morgan fingerprint density at radius 1 is 1.31 bits per heavy atom. The minimum absolute atomic E-state index is 0.00584. The summed E-state index contributed by atoms with van der Waals surface area (Å²) in [4.78, 5) is 11.7. The number of hydrogen-bond acceptors (Lipinski definition) is 1. The number of ketones is 1. The molecule has 0 aliphatic heterocycles. The van der Waals surface area contributed by atoms with Gasteiger partial charge < -0.3 is 0 Å². The summed E-state index contributed by atoms with van der Waals surface area (Å²) in [7, 11) is 0.